The van der Waals surface area contributed by atoms with E-state index >= 15 is 0 Å². The minimum atomic E-state index is -1.05. The normalized spacial score (nSPS) is 12.2. The molecular weight excluding hydrogens is 670 g/mol. The van der Waals surface area contributed by atoms with Crippen LogP contribution in [0.4, 0.5) is 11.4 Å². The van der Waals surface area contributed by atoms with Crippen molar-refractivity contribution in [3.63, 3.8) is 0 Å². The molecule has 0 saturated heterocycles. The van der Waals surface area contributed by atoms with Gasteiger partial charge in [0.1, 0.15) is 5.75 Å². The van der Waals surface area contributed by atoms with Gasteiger partial charge in [-0.25, -0.2) is 0 Å². The number of benzene rings is 2. The lowest BCUT2D eigenvalue weighted by Gasteiger charge is -2.10. The lowest BCUT2D eigenvalue weighted by atomic mass is 10.1. The van der Waals surface area contributed by atoms with Gasteiger partial charge in [0.15, 0.2) is 5.78 Å². The molecule has 0 aromatic heterocycles. The number of primary amides is 1. The van der Waals surface area contributed by atoms with Crippen molar-refractivity contribution < 1.29 is 28.7 Å². The first-order valence-electron chi connectivity index (χ1n) is 18.1. The molecule has 0 aliphatic carbocycles. The number of carbonyl (C=O) groups is 5. The molecule has 0 bridgehead atoms. The molecule has 0 aliphatic heterocycles. The first-order chi connectivity index (χ1) is 25.6. The number of Topliss-reactive ketones (excluding diaryl/α,β-unsaturated/α-hetero) is 1. The zero-order valence-electron chi connectivity index (χ0n) is 31.5. The average molecular weight is 726 g/mol. The van der Waals surface area contributed by atoms with Crippen LogP contribution in [-0.2, 0) is 14.4 Å². The van der Waals surface area contributed by atoms with Crippen LogP contribution in [0.1, 0.15) is 113 Å². The lowest BCUT2D eigenvalue weighted by molar-refractivity contribution is -0.134. The van der Waals surface area contributed by atoms with Crippen molar-refractivity contribution in [2.75, 3.05) is 0 Å². The largest absolute Gasteiger partial charge is 0.426 e. The summed E-state index contributed by atoms with van der Waals surface area (Å²) in [6.07, 6.45) is 27.6. The molecule has 11 nitrogen and oxygen atoms in total. The highest BCUT2D eigenvalue weighted by Crippen LogP contribution is 2.27. The number of nitrogens with one attached hydrogen (secondary N) is 1. The topological polar surface area (TPSA) is 183 Å². The van der Waals surface area contributed by atoms with Gasteiger partial charge >= 0.3 is 5.97 Å². The molecule has 284 valence electrons. The van der Waals surface area contributed by atoms with E-state index in [0.717, 1.165) is 38.5 Å². The maximum atomic E-state index is 12.5. The van der Waals surface area contributed by atoms with E-state index in [-0.39, 0.29) is 41.9 Å². The number of hydrogen-bond acceptors (Lipinski definition) is 9. The van der Waals surface area contributed by atoms with Crippen molar-refractivity contribution in [1.82, 2.24) is 5.32 Å². The van der Waals surface area contributed by atoms with Crippen LogP contribution in [0.25, 0.3) is 0 Å². The number of hydrogen-bond donors (Lipinski definition) is 3. The Bertz CT molecular complexity index is 1640. The zero-order chi connectivity index (χ0) is 39.3. The number of allylic oxidation sites excluding steroid dienone is 10. The third kappa shape index (κ3) is 20.8. The number of imide groups is 1. The van der Waals surface area contributed by atoms with Crippen molar-refractivity contribution in [3.8, 4) is 5.75 Å². The first kappa shape index (κ1) is 45.5. The number of nitrogens with two attached hydrogens (primary N) is 2. The summed E-state index contributed by atoms with van der Waals surface area (Å²) in [7, 11) is 0. The van der Waals surface area contributed by atoms with Crippen LogP contribution in [0, 0.1) is 0 Å². The fourth-order valence-electron chi connectivity index (χ4n) is 4.35. The number of esters is 1. The summed E-state index contributed by atoms with van der Waals surface area (Å²) in [6.45, 7) is 7.50. The van der Waals surface area contributed by atoms with Gasteiger partial charge in [0.25, 0.3) is 5.91 Å². The van der Waals surface area contributed by atoms with Gasteiger partial charge in [0.05, 0.1) is 23.0 Å². The van der Waals surface area contributed by atoms with Crippen LogP contribution in [-0.4, -0.2) is 35.5 Å². The first-order valence-corrected chi connectivity index (χ1v) is 18.1. The molecule has 2 aromatic carbocycles. The molecule has 0 heterocycles. The van der Waals surface area contributed by atoms with E-state index in [1.54, 1.807) is 6.07 Å². The number of rotatable bonds is 22. The lowest BCUT2D eigenvalue weighted by Crippen LogP contribution is -2.43. The summed E-state index contributed by atoms with van der Waals surface area (Å²) in [5.41, 5.74) is 11.9. The molecule has 2 rings (SSSR count). The van der Waals surface area contributed by atoms with Crippen molar-refractivity contribution in [3.05, 3.63) is 114 Å². The van der Waals surface area contributed by atoms with Gasteiger partial charge in [0.2, 0.25) is 11.8 Å². The van der Waals surface area contributed by atoms with Gasteiger partial charge in [0, 0.05) is 18.4 Å². The SMILES string of the molecule is CC.CC/C=C\C/C=C\C/C=C\C/C=C\C/C=C\CCCC(=O)Oc1ccc(N=Nc2ccc(C(=O)NC(=O)C(N)CCC(N)=O)cc2)cc1C(C)=O. The molecule has 1 unspecified atom stereocenters. The molecule has 1 atom stereocenters. The van der Waals surface area contributed by atoms with Crippen LogP contribution < -0.4 is 21.5 Å². The Morgan fingerprint density at radius 1 is 0.755 bits per heavy atom. The fourth-order valence-corrected chi connectivity index (χ4v) is 4.35. The summed E-state index contributed by atoms with van der Waals surface area (Å²) in [6, 6.07) is 9.48. The Morgan fingerprint density at radius 2 is 1.28 bits per heavy atom. The smallest absolute Gasteiger partial charge is 0.311 e. The van der Waals surface area contributed by atoms with Crippen molar-refractivity contribution in [2.45, 2.75) is 97.9 Å². The highest BCUT2D eigenvalue weighted by atomic mass is 16.5. The van der Waals surface area contributed by atoms with Gasteiger partial charge in [-0.3, -0.25) is 29.3 Å². The van der Waals surface area contributed by atoms with Crippen molar-refractivity contribution in [1.29, 1.82) is 0 Å². The third-order valence-corrected chi connectivity index (χ3v) is 7.16. The van der Waals surface area contributed by atoms with E-state index in [1.807, 2.05) is 19.9 Å². The summed E-state index contributed by atoms with van der Waals surface area (Å²) in [5, 5.41) is 10.5. The van der Waals surface area contributed by atoms with Gasteiger partial charge in [-0.2, -0.15) is 10.2 Å². The van der Waals surface area contributed by atoms with E-state index in [0.29, 0.717) is 17.8 Å². The fraction of sp³-hybridized carbons (Fsp3) is 0.357. The number of azo groups is 1. The van der Waals surface area contributed by atoms with Crippen LogP contribution in [0.3, 0.4) is 0 Å². The van der Waals surface area contributed by atoms with E-state index < -0.39 is 29.7 Å². The zero-order valence-corrected chi connectivity index (χ0v) is 31.5. The second kappa shape index (κ2) is 28.1. The predicted molar refractivity (Wildman–Crippen MR) is 211 cm³/mol. The monoisotopic (exact) mass is 725 g/mol. The highest BCUT2D eigenvalue weighted by molar-refractivity contribution is 6.06. The summed E-state index contributed by atoms with van der Waals surface area (Å²) in [4.78, 5) is 60.1. The van der Waals surface area contributed by atoms with E-state index in [4.69, 9.17) is 16.2 Å². The Morgan fingerprint density at radius 3 is 1.83 bits per heavy atom. The molecular formula is C42H55N5O6. The Balaban J connectivity index is 0.00000690. The number of carbonyl (C=O) groups excluding carboxylic acids is 5. The van der Waals surface area contributed by atoms with E-state index in [1.165, 1.54) is 43.3 Å². The maximum Gasteiger partial charge on any atom is 0.311 e. The number of unbranched alkanes of at least 4 members (excludes halogenated alkanes) is 1. The summed E-state index contributed by atoms with van der Waals surface area (Å²) < 4.78 is 5.48. The minimum Gasteiger partial charge on any atom is -0.426 e. The van der Waals surface area contributed by atoms with E-state index in [2.05, 4.69) is 77.2 Å². The number of ether oxygens (including phenoxy) is 1. The molecule has 11 heteroatoms. The van der Waals surface area contributed by atoms with Gasteiger partial charge in [-0.1, -0.05) is 81.5 Å². The van der Waals surface area contributed by atoms with Gasteiger partial charge in [-0.15, -0.1) is 0 Å². The van der Waals surface area contributed by atoms with Gasteiger partial charge < -0.3 is 16.2 Å². The number of ketones is 1. The van der Waals surface area contributed by atoms with Crippen molar-refractivity contribution >= 4 is 40.8 Å². The molecule has 0 saturated carbocycles. The molecule has 2 aromatic rings. The Labute approximate surface area is 314 Å². The van der Waals surface area contributed by atoms with E-state index in [9.17, 15) is 24.0 Å². The molecule has 0 radical (unpaired) electrons. The number of nitrogens with zero attached hydrogens (tertiary/aromatic N) is 2. The average Bonchev–Trinajstić information content (AvgIpc) is 3.15. The Hall–Kier alpha value is -5.55. The van der Waals surface area contributed by atoms with Crippen LogP contribution >= 0.6 is 0 Å². The molecule has 0 spiro atoms. The molecule has 5 N–H and O–H groups in total. The molecule has 3 amide bonds. The quantitative estimate of drug-likeness (QED) is 0.0270. The Kier molecular flexibility index (Phi) is 24.1. The second-order valence-electron chi connectivity index (χ2n) is 11.5. The minimum absolute atomic E-state index is 0.0228. The highest BCUT2D eigenvalue weighted by Gasteiger charge is 2.18. The van der Waals surface area contributed by atoms with Crippen LogP contribution in [0.5, 0.6) is 5.75 Å². The molecule has 0 aliphatic rings. The standard InChI is InChI=1S/C40H49N5O6.C2H6/c1-3-4-5-6-7-8-9-10-11-12-13-14-15-16-17-18-19-20-38(48)51-36-27-25-33(29-34(36)30(2)46)45-44-32-23-21-31(22-24-32)39(49)43-40(50)35(41)26-28-37(42)47;1-2/h4-5,7-8,10-11,13-14,16-17,21-25,27,29,35H,3,6,9,12,15,18-20,26,28,41H2,1-2H3,(H2,42,47)(H,43,49,50);1-2H3/b5-4-,8-7-,11-10-,14-13-,17-16-,45-44?;. The maximum absolute atomic E-state index is 12.5. The van der Waals surface area contributed by atoms with Crippen LogP contribution in [0.2, 0.25) is 0 Å². The van der Waals surface area contributed by atoms with Gasteiger partial charge in [-0.05, 0) is 101 Å². The summed E-state index contributed by atoms with van der Waals surface area (Å²) >= 11 is 0. The third-order valence-electron chi connectivity index (χ3n) is 7.16. The number of amides is 3. The molecule has 53 heavy (non-hydrogen) atoms. The summed E-state index contributed by atoms with van der Waals surface area (Å²) in [5.74, 6) is -2.55. The second-order valence-corrected chi connectivity index (χ2v) is 11.5. The molecule has 0 fully saturated rings. The van der Waals surface area contributed by atoms with Crippen molar-refractivity contribution in [2.24, 2.45) is 21.7 Å². The van der Waals surface area contributed by atoms with Crippen LogP contribution in [0.15, 0.2) is 113 Å². The predicted octanol–water partition coefficient (Wildman–Crippen LogP) is 9.01.